The van der Waals surface area contributed by atoms with Gasteiger partial charge >= 0.3 is 0 Å². The molecule has 1 aliphatic rings. The second-order valence-corrected chi connectivity index (χ2v) is 4.42. The van der Waals surface area contributed by atoms with Crippen LogP contribution in [0.2, 0.25) is 0 Å². The first-order valence-electron chi connectivity index (χ1n) is 5.20. The Hall–Kier alpha value is -1.27. The lowest BCUT2D eigenvalue weighted by atomic mass is 10.3. The predicted octanol–water partition coefficient (Wildman–Crippen LogP) is 1.88. The third kappa shape index (κ3) is 4.54. The number of rotatable bonds is 3. The molecule has 7 heteroatoms. The van der Waals surface area contributed by atoms with E-state index >= 15 is 0 Å². The molecule has 0 radical (unpaired) electrons. The summed E-state index contributed by atoms with van der Waals surface area (Å²) in [5, 5.41) is 6.56. The highest BCUT2D eigenvalue weighted by Crippen LogP contribution is 2.10. The van der Waals surface area contributed by atoms with Crippen molar-refractivity contribution in [2.75, 3.05) is 24.2 Å². The fourth-order valence-electron chi connectivity index (χ4n) is 1.34. The van der Waals surface area contributed by atoms with E-state index in [-0.39, 0.29) is 24.1 Å². The lowest BCUT2D eigenvalue weighted by molar-refractivity contribution is -0.113. The number of aliphatic imine (C=N–C) groups is 1. The number of carbonyl (C=O) groups is 1. The van der Waals surface area contributed by atoms with E-state index in [4.69, 9.17) is 0 Å². The van der Waals surface area contributed by atoms with Crippen LogP contribution in [0.25, 0.3) is 0 Å². The maximum absolute atomic E-state index is 12.6. The standard InChI is InChI=1S/C11H12FN3OS.ClH/c12-8-1-3-9(4-2-8)15-10(16)7-17-11-13-5-6-14-11;/h1-4H,5-7H2,(H,13,14)(H,15,16);1H. The first-order chi connectivity index (χ1) is 8.24. The van der Waals surface area contributed by atoms with Gasteiger partial charge in [0, 0.05) is 12.2 Å². The molecule has 0 saturated heterocycles. The topological polar surface area (TPSA) is 53.5 Å². The molecule has 18 heavy (non-hydrogen) atoms. The summed E-state index contributed by atoms with van der Waals surface area (Å²) in [5.74, 6) is -0.150. The molecule has 0 atom stereocenters. The molecule has 1 aromatic rings. The number of halogens is 2. The zero-order valence-electron chi connectivity index (χ0n) is 9.48. The molecule has 1 heterocycles. The SMILES string of the molecule is Cl.O=C(CSC1=NCCN1)Nc1ccc(F)cc1. The molecular weight excluding hydrogens is 277 g/mol. The number of nitrogens with zero attached hydrogens (tertiary/aromatic N) is 1. The molecule has 98 valence electrons. The van der Waals surface area contributed by atoms with Crippen LogP contribution in [0.15, 0.2) is 29.3 Å². The van der Waals surface area contributed by atoms with Gasteiger partial charge in [0.1, 0.15) is 5.82 Å². The van der Waals surface area contributed by atoms with E-state index in [1.165, 1.54) is 36.0 Å². The average Bonchev–Trinajstić information content (AvgIpc) is 2.83. The van der Waals surface area contributed by atoms with E-state index in [2.05, 4.69) is 15.6 Å². The fourth-order valence-corrected chi connectivity index (χ4v) is 2.06. The Bertz CT molecular complexity index is 438. The van der Waals surface area contributed by atoms with Crippen LogP contribution in [-0.4, -0.2) is 29.9 Å². The number of amidine groups is 1. The van der Waals surface area contributed by atoms with Crippen LogP contribution in [-0.2, 0) is 4.79 Å². The highest BCUT2D eigenvalue weighted by molar-refractivity contribution is 8.14. The van der Waals surface area contributed by atoms with Crippen molar-refractivity contribution in [3.8, 4) is 0 Å². The van der Waals surface area contributed by atoms with Crippen LogP contribution < -0.4 is 10.6 Å². The Morgan fingerprint density at radius 1 is 1.44 bits per heavy atom. The lowest BCUT2D eigenvalue weighted by Crippen LogP contribution is -2.20. The van der Waals surface area contributed by atoms with Crippen molar-refractivity contribution in [3.05, 3.63) is 30.1 Å². The van der Waals surface area contributed by atoms with Crippen molar-refractivity contribution in [1.29, 1.82) is 0 Å². The second kappa shape index (κ2) is 7.23. The molecular formula is C11H13ClFN3OS. The number of hydrogen-bond acceptors (Lipinski definition) is 4. The number of nitrogens with one attached hydrogen (secondary N) is 2. The number of benzene rings is 1. The molecule has 1 amide bonds. The van der Waals surface area contributed by atoms with Crippen LogP contribution >= 0.6 is 24.2 Å². The lowest BCUT2D eigenvalue weighted by Gasteiger charge is -2.05. The minimum absolute atomic E-state index is 0. The summed E-state index contributed by atoms with van der Waals surface area (Å²) < 4.78 is 12.6. The molecule has 0 spiro atoms. The van der Waals surface area contributed by atoms with Crippen LogP contribution in [0.4, 0.5) is 10.1 Å². The average molecular weight is 290 g/mol. The van der Waals surface area contributed by atoms with Gasteiger partial charge in [-0.2, -0.15) is 0 Å². The van der Waals surface area contributed by atoms with E-state index in [9.17, 15) is 9.18 Å². The Morgan fingerprint density at radius 3 is 2.78 bits per heavy atom. The van der Waals surface area contributed by atoms with E-state index in [1.54, 1.807) is 0 Å². The summed E-state index contributed by atoms with van der Waals surface area (Å²) in [6.45, 7) is 1.60. The maximum Gasteiger partial charge on any atom is 0.234 e. The Balaban J connectivity index is 0.00000162. The largest absolute Gasteiger partial charge is 0.363 e. The molecule has 0 bridgehead atoms. The van der Waals surface area contributed by atoms with Crippen molar-refractivity contribution >= 4 is 40.9 Å². The van der Waals surface area contributed by atoms with Crippen LogP contribution in [0.3, 0.4) is 0 Å². The number of anilines is 1. The first-order valence-corrected chi connectivity index (χ1v) is 6.19. The van der Waals surface area contributed by atoms with Gasteiger partial charge in [-0.15, -0.1) is 12.4 Å². The minimum atomic E-state index is -0.318. The summed E-state index contributed by atoms with van der Waals surface area (Å²) in [6.07, 6.45) is 0. The van der Waals surface area contributed by atoms with Crippen molar-refractivity contribution in [1.82, 2.24) is 5.32 Å². The Labute approximate surface area is 115 Å². The third-order valence-corrected chi connectivity index (χ3v) is 3.06. The smallest absolute Gasteiger partial charge is 0.234 e. The molecule has 1 aromatic carbocycles. The molecule has 0 aliphatic carbocycles. The number of carbonyl (C=O) groups excluding carboxylic acids is 1. The summed E-state index contributed by atoms with van der Waals surface area (Å²) in [7, 11) is 0. The van der Waals surface area contributed by atoms with E-state index in [1.807, 2.05) is 0 Å². The highest BCUT2D eigenvalue weighted by Gasteiger charge is 2.09. The van der Waals surface area contributed by atoms with Gasteiger partial charge < -0.3 is 10.6 Å². The predicted molar refractivity (Wildman–Crippen MR) is 75.0 cm³/mol. The van der Waals surface area contributed by atoms with E-state index < -0.39 is 0 Å². The Kier molecular flexibility index (Phi) is 5.94. The highest BCUT2D eigenvalue weighted by atomic mass is 35.5. The quantitative estimate of drug-likeness (QED) is 0.893. The van der Waals surface area contributed by atoms with Crippen molar-refractivity contribution in [2.24, 2.45) is 4.99 Å². The molecule has 2 rings (SSSR count). The molecule has 1 aliphatic heterocycles. The second-order valence-electron chi connectivity index (χ2n) is 3.46. The molecule has 0 aromatic heterocycles. The van der Waals surface area contributed by atoms with E-state index in [0.717, 1.165) is 18.3 Å². The molecule has 0 saturated carbocycles. The molecule has 4 nitrogen and oxygen atoms in total. The first kappa shape index (κ1) is 14.8. The van der Waals surface area contributed by atoms with Gasteiger partial charge in [-0.05, 0) is 24.3 Å². The van der Waals surface area contributed by atoms with Crippen molar-refractivity contribution in [2.45, 2.75) is 0 Å². The van der Waals surface area contributed by atoms with Gasteiger partial charge in [-0.3, -0.25) is 9.79 Å². The fraction of sp³-hybridized carbons (Fsp3) is 0.273. The summed E-state index contributed by atoms with van der Waals surface area (Å²) in [6, 6.07) is 5.68. The molecule has 0 fully saturated rings. The van der Waals surface area contributed by atoms with Crippen LogP contribution in [0.1, 0.15) is 0 Å². The van der Waals surface area contributed by atoms with Crippen molar-refractivity contribution in [3.63, 3.8) is 0 Å². The van der Waals surface area contributed by atoms with Gasteiger partial charge in [0.05, 0.1) is 12.3 Å². The van der Waals surface area contributed by atoms with Gasteiger partial charge in [0.15, 0.2) is 5.17 Å². The van der Waals surface area contributed by atoms with Gasteiger partial charge in [0.25, 0.3) is 0 Å². The van der Waals surface area contributed by atoms with Gasteiger partial charge in [-0.25, -0.2) is 4.39 Å². The van der Waals surface area contributed by atoms with Gasteiger partial charge in [0.2, 0.25) is 5.91 Å². The summed E-state index contributed by atoms with van der Waals surface area (Å²) in [5.41, 5.74) is 0.596. The molecule has 0 unspecified atom stereocenters. The minimum Gasteiger partial charge on any atom is -0.363 e. The summed E-state index contributed by atoms with van der Waals surface area (Å²) in [4.78, 5) is 15.7. The normalized spacial score (nSPS) is 13.3. The monoisotopic (exact) mass is 289 g/mol. The zero-order chi connectivity index (χ0) is 12.1. The summed E-state index contributed by atoms with van der Waals surface area (Å²) >= 11 is 1.37. The Morgan fingerprint density at radius 2 is 2.17 bits per heavy atom. The third-order valence-electron chi connectivity index (χ3n) is 2.11. The van der Waals surface area contributed by atoms with Crippen LogP contribution in [0.5, 0.6) is 0 Å². The van der Waals surface area contributed by atoms with Crippen LogP contribution in [0, 0.1) is 5.82 Å². The molecule has 2 N–H and O–H groups in total. The number of thioether (sulfide) groups is 1. The maximum atomic E-state index is 12.6. The van der Waals surface area contributed by atoms with E-state index in [0.29, 0.717) is 11.4 Å². The number of hydrogen-bond donors (Lipinski definition) is 2. The van der Waals surface area contributed by atoms with Gasteiger partial charge in [-0.1, -0.05) is 11.8 Å². The van der Waals surface area contributed by atoms with Crippen molar-refractivity contribution < 1.29 is 9.18 Å². The zero-order valence-corrected chi connectivity index (χ0v) is 11.1. The number of amides is 1.